The molecule has 2 heterocycles. The molecule has 0 spiro atoms. The quantitative estimate of drug-likeness (QED) is 0.832. The molecular formula is C18H16ClF2NO. The van der Waals surface area contributed by atoms with E-state index in [1.165, 1.54) is 0 Å². The van der Waals surface area contributed by atoms with Gasteiger partial charge in [-0.1, -0.05) is 11.6 Å². The molecule has 0 unspecified atom stereocenters. The topological polar surface area (TPSA) is 21.3 Å². The van der Waals surface area contributed by atoms with Crippen LogP contribution < -0.4 is 10.1 Å². The summed E-state index contributed by atoms with van der Waals surface area (Å²) in [7, 11) is 0. The normalized spacial score (nSPS) is 22.4. The van der Waals surface area contributed by atoms with Crippen LogP contribution in [0.15, 0.2) is 24.3 Å². The van der Waals surface area contributed by atoms with Gasteiger partial charge in [0.1, 0.15) is 23.5 Å². The highest BCUT2D eigenvalue weighted by molar-refractivity contribution is 6.30. The SMILES string of the molecule is Cc1cc(-c2c(F)cc(Cl)cc2F)cc2c1O[C@H]1CCNC[C@@H]21. The van der Waals surface area contributed by atoms with Crippen molar-refractivity contribution in [2.24, 2.45) is 0 Å². The smallest absolute Gasteiger partial charge is 0.135 e. The largest absolute Gasteiger partial charge is 0.489 e. The maximum atomic E-state index is 14.2. The summed E-state index contributed by atoms with van der Waals surface area (Å²) in [5.74, 6) is -0.198. The minimum Gasteiger partial charge on any atom is -0.489 e. The second-order valence-corrected chi connectivity index (χ2v) is 6.65. The highest BCUT2D eigenvalue weighted by atomic mass is 35.5. The van der Waals surface area contributed by atoms with Crippen molar-refractivity contribution in [2.45, 2.75) is 25.4 Å². The van der Waals surface area contributed by atoms with E-state index in [2.05, 4.69) is 5.32 Å². The summed E-state index contributed by atoms with van der Waals surface area (Å²) in [5.41, 5.74) is 2.43. The minimum atomic E-state index is -0.647. The molecule has 2 aromatic carbocycles. The number of benzene rings is 2. The summed E-state index contributed by atoms with van der Waals surface area (Å²) in [6.45, 7) is 3.67. The third-order valence-electron chi connectivity index (χ3n) is 4.69. The fraction of sp³-hybridized carbons (Fsp3) is 0.333. The number of fused-ring (bicyclic) bond motifs is 3. The van der Waals surface area contributed by atoms with E-state index in [0.29, 0.717) is 5.56 Å². The zero-order valence-electron chi connectivity index (χ0n) is 12.6. The lowest BCUT2D eigenvalue weighted by Gasteiger charge is -2.24. The first-order valence-corrected chi connectivity index (χ1v) is 8.09. The summed E-state index contributed by atoms with van der Waals surface area (Å²) < 4.78 is 34.6. The molecule has 2 aromatic rings. The Bertz CT molecular complexity index is 770. The van der Waals surface area contributed by atoms with Gasteiger partial charge in [0, 0.05) is 23.0 Å². The molecule has 1 fully saturated rings. The van der Waals surface area contributed by atoms with E-state index in [4.69, 9.17) is 16.3 Å². The van der Waals surface area contributed by atoms with Crippen molar-refractivity contribution >= 4 is 11.6 Å². The minimum absolute atomic E-state index is 0.0347. The summed E-state index contributed by atoms with van der Waals surface area (Å²) in [6.07, 6.45) is 1.10. The average Bonchev–Trinajstić information content (AvgIpc) is 2.86. The predicted molar refractivity (Wildman–Crippen MR) is 86.2 cm³/mol. The molecule has 0 amide bonds. The molecule has 120 valence electrons. The third kappa shape index (κ3) is 2.41. The average molecular weight is 336 g/mol. The van der Waals surface area contributed by atoms with E-state index in [1.54, 1.807) is 6.07 Å². The molecule has 4 rings (SSSR count). The first-order valence-electron chi connectivity index (χ1n) is 7.71. The summed E-state index contributed by atoms with van der Waals surface area (Å²) in [6, 6.07) is 5.92. The van der Waals surface area contributed by atoms with Gasteiger partial charge in [0.25, 0.3) is 0 Å². The standard InChI is InChI=1S/C18H16ClF2NO/c1-9-4-10(17-14(20)6-11(19)7-15(17)21)5-12-13-8-22-3-2-16(13)23-18(9)12/h4-7,13,16,22H,2-3,8H2,1H3/t13-,16-/m0/s1. The monoisotopic (exact) mass is 335 g/mol. The molecule has 2 aliphatic rings. The molecule has 2 nitrogen and oxygen atoms in total. The number of hydrogen-bond donors (Lipinski definition) is 1. The third-order valence-corrected chi connectivity index (χ3v) is 4.90. The lowest BCUT2D eigenvalue weighted by molar-refractivity contribution is 0.171. The molecule has 0 saturated carbocycles. The second kappa shape index (κ2) is 5.46. The number of halogens is 3. The van der Waals surface area contributed by atoms with Crippen LogP contribution >= 0.6 is 11.6 Å². The highest BCUT2D eigenvalue weighted by Crippen LogP contribution is 2.45. The first-order chi connectivity index (χ1) is 11.0. The summed E-state index contributed by atoms with van der Waals surface area (Å²) >= 11 is 5.72. The van der Waals surface area contributed by atoms with E-state index in [1.807, 2.05) is 13.0 Å². The molecule has 0 bridgehead atoms. The van der Waals surface area contributed by atoms with Crippen LogP contribution in [0.25, 0.3) is 11.1 Å². The molecule has 23 heavy (non-hydrogen) atoms. The Hall–Kier alpha value is -1.65. The highest BCUT2D eigenvalue weighted by Gasteiger charge is 2.37. The second-order valence-electron chi connectivity index (χ2n) is 6.21. The Balaban J connectivity index is 1.86. The van der Waals surface area contributed by atoms with Crippen molar-refractivity contribution in [1.29, 1.82) is 0 Å². The van der Waals surface area contributed by atoms with Gasteiger partial charge in [-0.3, -0.25) is 0 Å². The Kier molecular flexibility index (Phi) is 3.54. The van der Waals surface area contributed by atoms with Gasteiger partial charge in [-0.25, -0.2) is 8.78 Å². The Morgan fingerprint density at radius 1 is 1.17 bits per heavy atom. The van der Waals surface area contributed by atoms with Crippen molar-refractivity contribution in [3.63, 3.8) is 0 Å². The van der Waals surface area contributed by atoms with Crippen molar-refractivity contribution in [1.82, 2.24) is 5.32 Å². The molecule has 0 radical (unpaired) electrons. The van der Waals surface area contributed by atoms with Gasteiger partial charge in [-0.2, -0.15) is 0 Å². The molecule has 0 aromatic heterocycles. The zero-order chi connectivity index (χ0) is 16.1. The number of ether oxygens (including phenoxy) is 1. The van der Waals surface area contributed by atoms with Crippen LogP contribution in [-0.2, 0) is 0 Å². The zero-order valence-corrected chi connectivity index (χ0v) is 13.4. The van der Waals surface area contributed by atoms with E-state index >= 15 is 0 Å². The maximum Gasteiger partial charge on any atom is 0.135 e. The molecular weight excluding hydrogens is 320 g/mol. The van der Waals surface area contributed by atoms with Crippen molar-refractivity contribution in [2.75, 3.05) is 13.1 Å². The van der Waals surface area contributed by atoms with Gasteiger partial charge < -0.3 is 10.1 Å². The van der Waals surface area contributed by atoms with Crippen LogP contribution in [0.1, 0.15) is 23.5 Å². The Morgan fingerprint density at radius 2 is 1.91 bits per heavy atom. The van der Waals surface area contributed by atoms with E-state index in [0.717, 1.165) is 48.5 Å². The Morgan fingerprint density at radius 3 is 2.65 bits per heavy atom. The molecule has 1 N–H and O–H groups in total. The lowest BCUT2D eigenvalue weighted by atomic mass is 9.88. The first kappa shape index (κ1) is 14.9. The van der Waals surface area contributed by atoms with Crippen molar-refractivity contribution in [3.8, 4) is 16.9 Å². The molecule has 1 saturated heterocycles. The number of hydrogen-bond acceptors (Lipinski definition) is 2. The van der Waals surface area contributed by atoms with Crippen molar-refractivity contribution < 1.29 is 13.5 Å². The summed E-state index contributed by atoms with van der Waals surface area (Å²) in [4.78, 5) is 0. The molecule has 2 aliphatic heterocycles. The lowest BCUT2D eigenvalue weighted by Crippen LogP contribution is -2.37. The fourth-order valence-electron chi connectivity index (χ4n) is 3.64. The van der Waals surface area contributed by atoms with Gasteiger partial charge >= 0.3 is 0 Å². The van der Waals surface area contributed by atoms with E-state index in [9.17, 15) is 8.78 Å². The van der Waals surface area contributed by atoms with Gasteiger partial charge in [0.05, 0.1) is 5.56 Å². The van der Waals surface area contributed by atoms with Crippen LogP contribution in [0.2, 0.25) is 5.02 Å². The van der Waals surface area contributed by atoms with Gasteiger partial charge in [0.2, 0.25) is 0 Å². The number of rotatable bonds is 1. The number of piperidine rings is 1. The number of aryl methyl sites for hydroxylation is 1. The van der Waals surface area contributed by atoms with Crippen molar-refractivity contribution in [3.05, 3.63) is 52.0 Å². The molecule has 5 heteroatoms. The predicted octanol–water partition coefficient (Wildman–Crippen LogP) is 4.43. The van der Waals surface area contributed by atoms with Crippen LogP contribution in [0.5, 0.6) is 5.75 Å². The fourth-order valence-corrected chi connectivity index (χ4v) is 3.83. The van der Waals surface area contributed by atoms with Gasteiger partial charge in [-0.05, 0) is 55.3 Å². The van der Waals surface area contributed by atoms with E-state index < -0.39 is 11.6 Å². The summed E-state index contributed by atoms with van der Waals surface area (Å²) in [5, 5.41) is 3.42. The number of nitrogens with one attached hydrogen (secondary N) is 1. The van der Waals surface area contributed by atoms with Crippen LogP contribution in [0.3, 0.4) is 0 Å². The van der Waals surface area contributed by atoms with Gasteiger partial charge in [0.15, 0.2) is 0 Å². The maximum absolute atomic E-state index is 14.2. The van der Waals surface area contributed by atoms with Gasteiger partial charge in [-0.15, -0.1) is 0 Å². The molecule has 0 aliphatic carbocycles. The van der Waals surface area contributed by atoms with Crippen LogP contribution in [0.4, 0.5) is 8.78 Å². The Labute approximate surface area is 138 Å². The molecule has 2 atom stereocenters. The van der Waals surface area contributed by atoms with Crippen LogP contribution in [0, 0.1) is 18.6 Å². The van der Waals surface area contributed by atoms with Crippen LogP contribution in [-0.4, -0.2) is 19.2 Å². The van der Waals surface area contributed by atoms with E-state index in [-0.39, 0.29) is 22.6 Å².